The fourth-order valence-corrected chi connectivity index (χ4v) is 4.35. The zero-order valence-corrected chi connectivity index (χ0v) is 16.6. The summed E-state index contributed by atoms with van der Waals surface area (Å²) in [6.45, 7) is 1.74. The molecule has 0 radical (unpaired) electrons. The Morgan fingerprint density at radius 3 is 2.56 bits per heavy atom. The first kappa shape index (κ1) is 17.8. The van der Waals surface area contributed by atoms with Gasteiger partial charge in [0.1, 0.15) is 0 Å². The Hall–Kier alpha value is -2.59. The van der Waals surface area contributed by atoms with Gasteiger partial charge in [-0.3, -0.25) is 0 Å². The van der Waals surface area contributed by atoms with Crippen molar-refractivity contribution in [2.24, 2.45) is 0 Å². The van der Waals surface area contributed by atoms with Gasteiger partial charge in [-0.25, -0.2) is 4.79 Å². The van der Waals surface area contributed by atoms with Gasteiger partial charge in [0.2, 0.25) is 0 Å². The summed E-state index contributed by atoms with van der Waals surface area (Å²) in [4.78, 5) is 14.2. The average Bonchev–Trinajstić information content (AvgIpc) is 3.07. The van der Waals surface area contributed by atoms with Crippen molar-refractivity contribution in [3.8, 4) is 0 Å². The van der Waals surface area contributed by atoms with Crippen molar-refractivity contribution in [2.75, 3.05) is 18.6 Å². The van der Waals surface area contributed by atoms with Gasteiger partial charge in [-0.1, -0.05) is 54.6 Å². The molecule has 0 spiro atoms. The maximum atomic E-state index is 11.8. The van der Waals surface area contributed by atoms with Gasteiger partial charge in [-0.05, 0) is 50.8 Å². The molecule has 1 aliphatic heterocycles. The van der Waals surface area contributed by atoms with Gasteiger partial charge in [0, 0.05) is 29.2 Å². The lowest BCUT2D eigenvalue weighted by atomic mass is 9.93. The van der Waals surface area contributed by atoms with Crippen LogP contribution in [0.5, 0.6) is 0 Å². The van der Waals surface area contributed by atoms with Gasteiger partial charge in [0.15, 0.2) is 0 Å². The highest BCUT2D eigenvalue weighted by molar-refractivity contribution is 9.10. The molecule has 0 bridgehead atoms. The van der Waals surface area contributed by atoms with E-state index < -0.39 is 0 Å². The van der Waals surface area contributed by atoms with Crippen molar-refractivity contribution in [3.05, 3.63) is 99.5 Å². The number of methoxy groups -OCH3 is 1. The van der Waals surface area contributed by atoms with Gasteiger partial charge < -0.3 is 9.64 Å². The SMILES string of the molecule is COC(=O)c1ccc(CN2CC(c3ccccc3)c3ccccc32)cc1Br. The van der Waals surface area contributed by atoms with Gasteiger partial charge in [-0.15, -0.1) is 0 Å². The molecule has 1 aliphatic rings. The molecule has 1 unspecified atom stereocenters. The maximum absolute atomic E-state index is 11.8. The van der Waals surface area contributed by atoms with Crippen molar-refractivity contribution < 1.29 is 9.53 Å². The van der Waals surface area contributed by atoms with Crippen molar-refractivity contribution in [2.45, 2.75) is 12.5 Å². The summed E-state index contributed by atoms with van der Waals surface area (Å²) in [7, 11) is 1.40. The van der Waals surface area contributed by atoms with Crippen LogP contribution in [0.4, 0.5) is 5.69 Å². The molecule has 0 saturated carbocycles. The molecular formula is C23H20BrNO2. The Kier molecular flexibility index (Phi) is 4.99. The zero-order valence-electron chi connectivity index (χ0n) is 15.1. The van der Waals surface area contributed by atoms with E-state index in [1.165, 1.54) is 23.9 Å². The number of rotatable bonds is 4. The average molecular weight is 422 g/mol. The number of anilines is 1. The highest BCUT2D eigenvalue weighted by atomic mass is 79.9. The molecule has 0 aliphatic carbocycles. The van der Waals surface area contributed by atoms with Crippen LogP contribution in [-0.2, 0) is 11.3 Å². The third kappa shape index (κ3) is 3.50. The van der Waals surface area contributed by atoms with Crippen LogP contribution in [0.1, 0.15) is 33.0 Å². The Labute approximate surface area is 167 Å². The van der Waals surface area contributed by atoms with Crippen molar-refractivity contribution in [1.82, 2.24) is 0 Å². The Morgan fingerprint density at radius 1 is 1.07 bits per heavy atom. The van der Waals surface area contributed by atoms with E-state index in [0.717, 1.165) is 23.1 Å². The highest BCUT2D eigenvalue weighted by Gasteiger charge is 2.29. The number of esters is 1. The third-order valence-corrected chi connectivity index (χ3v) is 5.73. The van der Waals surface area contributed by atoms with Gasteiger partial charge in [0.05, 0.1) is 12.7 Å². The summed E-state index contributed by atoms with van der Waals surface area (Å²) >= 11 is 3.50. The molecular weight excluding hydrogens is 402 g/mol. The summed E-state index contributed by atoms with van der Waals surface area (Å²) in [5.41, 5.74) is 5.69. The fourth-order valence-electron chi connectivity index (χ4n) is 3.76. The summed E-state index contributed by atoms with van der Waals surface area (Å²) < 4.78 is 5.58. The van der Waals surface area contributed by atoms with Crippen LogP contribution in [0.25, 0.3) is 0 Å². The topological polar surface area (TPSA) is 29.5 Å². The lowest BCUT2D eigenvalue weighted by molar-refractivity contribution is 0.0599. The molecule has 0 amide bonds. The third-order valence-electron chi connectivity index (χ3n) is 5.07. The molecule has 0 fully saturated rings. The number of hydrogen-bond donors (Lipinski definition) is 0. The lowest BCUT2D eigenvalue weighted by Crippen LogP contribution is -2.21. The predicted octanol–water partition coefficient (Wildman–Crippen LogP) is 5.39. The van der Waals surface area contributed by atoms with Crippen LogP contribution >= 0.6 is 15.9 Å². The second-order valence-electron chi connectivity index (χ2n) is 6.71. The van der Waals surface area contributed by atoms with E-state index >= 15 is 0 Å². The van der Waals surface area contributed by atoms with Crippen LogP contribution < -0.4 is 4.90 Å². The van der Waals surface area contributed by atoms with Crippen molar-refractivity contribution in [3.63, 3.8) is 0 Å². The van der Waals surface area contributed by atoms with Gasteiger partial charge in [0.25, 0.3) is 0 Å². The summed E-state index contributed by atoms with van der Waals surface area (Å²) in [6, 6.07) is 25.1. The lowest BCUT2D eigenvalue weighted by Gasteiger charge is -2.20. The first-order valence-corrected chi connectivity index (χ1v) is 9.72. The van der Waals surface area contributed by atoms with E-state index in [9.17, 15) is 4.79 Å². The fraction of sp³-hybridized carbons (Fsp3) is 0.174. The number of benzene rings is 3. The summed E-state index contributed by atoms with van der Waals surface area (Å²) in [6.07, 6.45) is 0. The number of hydrogen-bond acceptors (Lipinski definition) is 3. The zero-order chi connectivity index (χ0) is 18.8. The molecule has 4 rings (SSSR count). The molecule has 0 aromatic heterocycles. The minimum Gasteiger partial charge on any atom is -0.465 e. The van der Waals surface area contributed by atoms with Gasteiger partial charge in [-0.2, -0.15) is 0 Å². The van der Waals surface area contributed by atoms with E-state index in [-0.39, 0.29) is 5.97 Å². The van der Waals surface area contributed by atoms with E-state index in [1.54, 1.807) is 0 Å². The molecule has 3 aromatic carbocycles. The molecule has 3 aromatic rings. The first-order valence-electron chi connectivity index (χ1n) is 8.93. The molecule has 4 heteroatoms. The van der Waals surface area contributed by atoms with Crippen LogP contribution in [0.3, 0.4) is 0 Å². The largest absolute Gasteiger partial charge is 0.465 e. The minimum absolute atomic E-state index is 0.330. The molecule has 0 N–H and O–H groups in total. The normalized spacial score (nSPS) is 15.5. The number of fused-ring (bicyclic) bond motifs is 1. The van der Waals surface area contributed by atoms with Crippen LogP contribution in [0.2, 0.25) is 0 Å². The molecule has 0 saturated heterocycles. The van der Waals surface area contributed by atoms with Crippen molar-refractivity contribution in [1.29, 1.82) is 0 Å². The monoisotopic (exact) mass is 421 g/mol. The molecule has 3 nitrogen and oxygen atoms in total. The van der Waals surface area contributed by atoms with Crippen LogP contribution in [0.15, 0.2) is 77.3 Å². The maximum Gasteiger partial charge on any atom is 0.339 e. The van der Waals surface area contributed by atoms with Crippen LogP contribution in [-0.4, -0.2) is 19.6 Å². The smallest absolute Gasteiger partial charge is 0.339 e. The highest BCUT2D eigenvalue weighted by Crippen LogP contribution is 2.40. The number of carbonyl (C=O) groups excluding carboxylic acids is 1. The van der Waals surface area contributed by atoms with Crippen molar-refractivity contribution >= 4 is 27.6 Å². The quantitative estimate of drug-likeness (QED) is 0.529. The Bertz CT molecular complexity index is 971. The summed E-state index contributed by atoms with van der Waals surface area (Å²) in [5, 5.41) is 0. The predicted molar refractivity (Wildman–Crippen MR) is 111 cm³/mol. The van der Waals surface area contributed by atoms with Gasteiger partial charge >= 0.3 is 5.97 Å². The number of nitrogens with zero attached hydrogens (tertiary/aromatic N) is 1. The Balaban J connectivity index is 1.62. The Morgan fingerprint density at radius 2 is 1.81 bits per heavy atom. The summed E-state index contributed by atoms with van der Waals surface area (Å²) in [5.74, 6) is 0.0456. The standard InChI is InChI=1S/C23H20BrNO2/c1-27-23(26)19-12-11-16(13-21(19)24)14-25-15-20(17-7-3-2-4-8-17)18-9-5-6-10-22(18)25/h2-13,20H,14-15H2,1H3. The molecule has 1 heterocycles. The number of para-hydroxylation sites is 1. The second-order valence-corrected chi connectivity index (χ2v) is 7.56. The molecule has 1 atom stereocenters. The number of ether oxygens (including phenoxy) is 1. The van der Waals surface area contributed by atoms with Crippen LogP contribution in [0, 0.1) is 0 Å². The number of carbonyl (C=O) groups is 1. The van der Waals surface area contributed by atoms with E-state index in [0.29, 0.717) is 11.5 Å². The van der Waals surface area contributed by atoms with E-state index in [4.69, 9.17) is 4.74 Å². The minimum atomic E-state index is -0.330. The number of halogens is 1. The molecule has 27 heavy (non-hydrogen) atoms. The first-order chi connectivity index (χ1) is 13.2. The molecule has 136 valence electrons. The second kappa shape index (κ2) is 7.57. The van der Waals surface area contributed by atoms with E-state index in [2.05, 4.69) is 75.4 Å². The van der Waals surface area contributed by atoms with E-state index in [1.807, 2.05) is 18.2 Å².